The smallest absolute Gasteiger partial charge is 0.350 e. The fraction of sp³-hybridized carbons (Fsp3) is 0.344. The molecule has 1 saturated heterocycles. The van der Waals surface area contributed by atoms with Gasteiger partial charge in [0.05, 0.1) is 16.8 Å². The lowest BCUT2D eigenvalue weighted by Gasteiger charge is -2.40. The first-order valence-electron chi connectivity index (χ1n) is 14.1. The van der Waals surface area contributed by atoms with E-state index in [0.29, 0.717) is 31.0 Å². The minimum Gasteiger partial charge on any atom is -0.350 e. The zero-order valence-electron chi connectivity index (χ0n) is 25.0. The number of hydrogen-bond donors (Lipinski definition) is 0. The van der Waals surface area contributed by atoms with E-state index < -0.39 is 17.3 Å². The van der Waals surface area contributed by atoms with Crippen LogP contribution in [0.15, 0.2) is 47.4 Å². The number of piperazine rings is 1. The normalized spacial score (nSPS) is 15.0. The van der Waals surface area contributed by atoms with Gasteiger partial charge < -0.3 is 14.7 Å². The van der Waals surface area contributed by atoms with E-state index in [-0.39, 0.29) is 46.0 Å². The topological polar surface area (TPSA) is 87.5 Å². The third-order valence-corrected chi connectivity index (χ3v) is 7.43. The van der Waals surface area contributed by atoms with Gasteiger partial charge in [-0.05, 0) is 49.6 Å². The maximum Gasteiger partial charge on any atom is 0.355 e. The molecule has 1 atom stereocenters. The van der Waals surface area contributed by atoms with Crippen molar-refractivity contribution < 1.29 is 13.6 Å². The molecule has 4 heterocycles. The highest BCUT2D eigenvalue weighted by molar-refractivity contribution is 5.94. The second-order valence-electron chi connectivity index (χ2n) is 11.2. The number of amides is 1. The van der Waals surface area contributed by atoms with E-state index in [2.05, 4.69) is 26.9 Å². The monoisotopic (exact) mass is 585 g/mol. The van der Waals surface area contributed by atoms with Gasteiger partial charge in [0.2, 0.25) is 0 Å². The molecule has 43 heavy (non-hydrogen) atoms. The number of nitrogens with zero attached hydrogens (tertiary/aromatic N) is 7. The van der Waals surface area contributed by atoms with E-state index in [4.69, 9.17) is 0 Å². The minimum atomic E-state index is -0.752. The third-order valence-electron chi connectivity index (χ3n) is 7.43. The number of fused-ring (bicyclic) bond motifs is 1. The van der Waals surface area contributed by atoms with Gasteiger partial charge in [-0.25, -0.2) is 23.1 Å². The van der Waals surface area contributed by atoms with Crippen molar-refractivity contribution in [3.63, 3.8) is 0 Å². The maximum absolute atomic E-state index is 15.8. The standard InChI is InChI=1S/C32H33F2N7O2/c1-19(2)27-29(20(3)11-13-35-27)41-31-23(17-25(34)28(36-31)22-9-7-8-10-24(22)33)30(37-32(41)43)40-16-15-39(18-21(40)4)26(42)12-14-38(5)6/h7-11,13,17,19,21H,15-16,18H2,1-6H3/t21-/m0/s1. The largest absolute Gasteiger partial charge is 0.355 e. The lowest BCUT2D eigenvalue weighted by atomic mass is 10.0. The first kappa shape index (κ1) is 29.6. The Labute approximate surface area is 248 Å². The molecule has 0 spiro atoms. The molecule has 222 valence electrons. The lowest BCUT2D eigenvalue weighted by molar-refractivity contribution is -0.125. The van der Waals surface area contributed by atoms with E-state index in [1.807, 2.05) is 32.6 Å². The SMILES string of the molecule is Cc1ccnc(C(C)C)c1-n1c(=O)nc(N2CCN(C(=O)C#CN(C)C)C[C@@H]2C)c2cc(F)c(-c3ccccc3F)nc21. The van der Waals surface area contributed by atoms with Gasteiger partial charge in [-0.1, -0.05) is 26.0 Å². The summed E-state index contributed by atoms with van der Waals surface area (Å²) in [4.78, 5) is 45.4. The van der Waals surface area contributed by atoms with Crippen LogP contribution in [0.1, 0.15) is 37.9 Å². The highest BCUT2D eigenvalue weighted by Gasteiger charge is 2.31. The van der Waals surface area contributed by atoms with Crippen LogP contribution in [0, 0.1) is 30.5 Å². The molecule has 0 aliphatic carbocycles. The van der Waals surface area contributed by atoms with Gasteiger partial charge in [0.25, 0.3) is 5.91 Å². The van der Waals surface area contributed by atoms with E-state index in [9.17, 15) is 14.0 Å². The van der Waals surface area contributed by atoms with Crippen molar-refractivity contribution in [2.24, 2.45) is 0 Å². The Morgan fingerprint density at radius 1 is 1.09 bits per heavy atom. The van der Waals surface area contributed by atoms with E-state index in [1.54, 1.807) is 42.2 Å². The highest BCUT2D eigenvalue weighted by atomic mass is 19.1. The molecule has 5 rings (SSSR count). The predicted octanol–water partition coefficient (Wildman–Crippen LogP) is 4.11. The van der Waals surface area contributed by atoms with E-state index >= 15 is 4.39 Å². The number of anilines is 1. The zero-order chi connectivity index (χ0) is 31.0. The van der Waals surface area contributed by atoms with Gasteiger partial charge in [0, 0.05) is 63.5 Å². The van der Waals surface area contributed by atoms with Crippen molar-refractivity contribution >= 4 is 22.8 Å². The summed E-state index contributed by atoms with van der Waals surface area (Å²) in [6, 6.07) is 11.3. The van der Waals surface area contributed by atoms with Crippen LogP contribution in [-0.4, -0.2) is 75.0 Å². The van der Waals surface area contributed by atoms with Crippen LogP contribution in [0.2, 0.25) is 0 Å². The summed E-state index contributed by atoms with van der Waals surface area (Å²) in [6.45, 7) is 8.68. The van der Waals surface area contributed by atoms with Crippen LogP contribution in [0.3, 0.4) is 0 Å². The van der Waals surface area contributed by atoms with Crippen molar-refractivity contribution in [1.82, 2.24) is 29.3 Å². The van der Waals surface area contributed by atoms with Gasteiger partial charge in [-0.15, -0.1) is 0 Å². The third kappa shape index (κ3) is 5.65. The van der Waals surface area contributed by atoms with Crippen molar-refractivity contribution in [1.29, 1.82) is 0 Å². The number of carbonyl (C=O) groups excluding carboxylic acids is 1. The lowest BCUT2D eigenvalue weighted by Crippen LogP contribution is -2.54. The number of benzene rings is 1. The number of aryl methyl sites for hydroxylation is 1. The van der Waals surface area contributed by atoms with Crippen molar-refractivity contribution in [3.8, 4) is 28.9 Å². The molecular formula is C32H33F2N7O2. The molecule has 1 amide bonds. The van der Waals surface area contributed by atoms with Crippen LogP contribution >= 0.6 is 0 Å². The van der Waals surface area contributed by atoms with Crippen LogP contribution in [0.4, 0.5) is 14.6 Å². The summed E-state index contributed by atoms with van der Waals surface area (Å²) in [5, 5.41) is 0.286. The Morgan fingerprint density at radius 2 is 1.84 bits per heavy atom. The first-order valence-corrected chi connectivity index (χ1v) is 14.1. The maximum atomic E-state index is 15.8. The van der Waals surface area contributed by atoms with E-state index in [0.717, 1.165) is 5.56 Å². The van der Waals surface area contributed by atoms with Crippen LogP contribution < -0.4 is 10.6 Å². The van der Waals surface area contributed by atoms with Crippen molar-refractivity contribution in [2.45, 2.75) is 39.7 Å². The molecule has 0 bridgehead atoms. The molecule has 1 aliphatic rings. The van der Waals surface area contributed by atoms with Gasteiger partial charge in [0.1, 0.15) is 23.1 Å². The number of halogens is 2. The number of rotatable bonds is 4. The second-order valence-corrected chi connectivity index (χ2v) is 11.2. The van der Waals surface area contributed by atoms with Crippen molar-refractivity contribution in [2.75, 3.05) is 38.6 Å². The molecular weight excluding hydrogens is 552 g/mol. The molecule has 0 unspecified atom stereocenters. The first-order chi connectivity index (χ1) is 20.5. The Kier molecular flexibility index (Phi) is 8.13. The summed E-state index contributed by atoms with van der Waals surface area (Å²) >= 11 is 0. The van der Waals surface area contributed by atoms with Gasteiger partial charge in [-0.2, -0.15) is 4.98 Å². The summed E-state index contributed by atoms with van der Waals surface area (Å²) in [5.41, 5.74) is 1.19. The minimum absolute atomic E-state index is 0.0226. The van der Waals surface area contributed by atoms with Crippen LogP contribution in [0.25, 0.3) is 28.0 Å². The number of hydrogen-bond acceptors (Lipinski definition) is 7. The molecule has 0 N–H and O–H groups in total. The molecule has 11 heteroatoms. The fourth-order valence-electron chi connectivity index (χ4n) is 5.35. The summed E-state index contributed by atoms with van der Waals surface area (Å²) in [6.07, 6.45) is 1.67. The molecule has 1 fully saturated rings. The van der Waals surface area contributed by atoms with Gasteiger partial charge in [0.15, 0.2) is 5.65 Å². The average Bonchev–Trinajstić information content (AvgIpc) is 2.96. The quantitative estimate of drug-likeness (QED) is 0.263. The summed E-state index contributed by atoms with van der Waals surface area (Å²) in [7, 11) is 3.50. The highest BCUT2D eigenvalue weighted by Crippen LogP contribution is 2.33. The number of aromatic nitrogens is 4. The Balaban J connectivity index is 1.73. The fourth-order valence-corrected chi connectivity index (χ4v) is 5.35. The summed E-state index contributed by atoms with van der Waals surface area (Å²) < 4.78 is 32.0. The van der Waals surface area contributed by atoms with Gasteiger partial charge in [-0.3, -0.25) is 9.78 Å². The van der Waals surface area contributed by atoms with E-state index in [1.165, 1.54) is 28.8 Å². The molecule has 1 aliphatic heterocycles. The molecule has 4 aromatic rings. The predicted molar refractivity (Wildman–Crippen MR) is 162 cm³/mol. The van der Waals surface area contributed by atoms with Crippen LogP contribution in [0.5, 0.6) is 0 Å². The Morgan fingerprint density at radius 3 is 2.51 bits per heavy atom. The van der Waals surface area contributed by atoms with Crippen molar-refractivity contribution in [3.05, 3.63) is 76.0 Å². The number of carbonyl (C=O) groups is 1. The number of pyridine rings is 2. The molecule has 0 saturated carbocycles. The Hall–Kier alpha value is -4.85. The molecule has 1 aromatic carbocycles. The molecule has 9 nitrogen and oxygen atoms in total. The Bertz CT molecular complexity index is 1840. The molecule has 0 radical (unpaired) electrons. The zero-order valence-corrected chi connectivity index (χ0v) is 25.0. The average molecular weight is 586 g/mol. The molecule has 3 aromatic heterocycles. The van der Waals surface area contributed by atoms with Gasteiger partial charge >= 0.3 is 5.69 Å². The second kappa shape index (κ2) is 11.8. The van der Waals surface area contributed by atoms with Crippen LogP contribution in [-0.2, 0) is 4.79 Å². The summed E-state index contributed by atoms with van der Waals surface area (Å²) in [5.74, 6) is 1.13.